The number of carbonyl (C=O) groups is 2. The molecule has 8 heteroatoms. The molecule has 0 saturated carbocycles. The molecule has 0 bridgehead atoms. The van der Waals surface area contributed by atoms with Gasteiger partial charge in [-0.3, -0.25) is 19.8 Å². The van der Waals surface area contributed by atoms with E-state index in [0.717, 1.165) is 41.8 Å². The van der Waals surface area contributed by atoms with Crippen molar-refractivity contribution in [3.8, 4) is 11.4 Å². The molecule has 2 N–H and O–H groups in total. The van der Waals surface area contributed by atoms with E-state index >= 15 is 0 Å². The molecule has 2 aromatic rings. The van der Waals surface area contributed by atoms with Crippen molar-refractivity contribution in [2.24, 2.45) is 0 Å². The van der Waals surface area contributed by atoms with Gasteiger partial charge < -0.3 is 10.1 Å². The number of likely N-dealkylation sites (N-methyl/N-ethyl adjacent to an activating group) is 1. The predicted molar refractivity (Wildman–Crippen MR) is 85.5 cm³/mol. The molecule has 0 aromatic carbocycles. The number of fused-ring (bicyclic) bond motifs is 3. The van der Waals surface area contributed by atoms with Gasteiger partial charge in [0.2, 0.25) is 0 Å². The maximum Gasteiger partial charge on any atom is 0.415 e. The average Bonchev–Trinajstić information content (AvgIpc) is 3.17. The highest BCUT2D eigenvalue weighted by Gasteiger charge is 2.37. The number of hydrogen-bond acceptors (Lipinski definition) is 5. The van der Waals surface area contributed by atoms with Crippen LogP contribution >= 0.6 is 0 Å². The largest absolute Gasteiger partial charge is 0.434 e. The number of aromatic amines is 1. The average molecular weight is 327 g/mol. The summed E-state index contributed by atoms with van der Waals surface area (Å²) in [4.78, 5) is 29.7. The number of ether oxygens (including phenoxy) is 1. The number of nitrogens with zero attached hydrogens (tertiary/aromatic N) is 3. The number of cyclic esters (lactones) is 1. The molecule has 1 aliphatic heterocycles. The third-order valence-corrected chi connectivity index (χ3v) is 4.46. The Kier molecular flexibility index (Phi) is 3.44. The Bertz CT molecular complexity index is 816. The molecule has 1 aliphatic carbocycles. The van der Waals surface area contributed by atoms with E-state index in [0.29, 0.717) is 5.69 Å². The van der Waals surface area contributed by atoms with Gasteiger partial charge in [0.05, 0.1) is 36.0 Å². The highest BCUT2D eigenvalue weighted by molar-refractivity contribution is 5.95. The molecule has 3 heterocycles. The van der Waals surface area contributed by atoms with Crippen molar-refractivity contribution >= 4 is 17.7 Å². The zero-order valence-electron chi connectivity index (χ0n) is 13.2. The molecule has 2 aliphatic rings. The Morgan fingerprint density at radius 1 is 1.38 bits per heavy atom. The first-order chi connectivity index (χ1) is 11.7. The van der Waals surface area contributed by atoms with Gasteiger partial charge in [-0.25, -0.2) is 4.79 Å². The number of carbonyl (C=O) groups excluding carboxylic acids is 2. The summed E-state index contributed by atoms with van der Waals surface area (Å²) in [5.74, 6) is -0.310. The molecule has 0 radical (unpaired) electrons. The van der Waals surface area contributed by atoms with E-state index < -0.39 is 12.2 Å². The van der Waals surface area contributed by atoms with Crippen LogP contribution in [-0.4, -0.2) is 46.9 Å². The second kappa shape index (κ2) is 5.63. The molecule has 1 atom stereocenters. The number of aromatic nitrogens is 3. The minimum Gasteiger partial charge on any atom is -0.434 e. The second-order valence-corrected chi connectivity index (χ2v) is 5.92. The SMILES string of the molecule is CNC(=O)[C@H]1CN(c2cnc3c(c2)CCCc2cn[nH]c2-3)C(=O)O1. The molecule has 1 fully saturated rings. The molecule has 2 amide bonds. The zero-order chi connectivity index (χ0) is 16.7. The van der Waals surface area contributed by atoms with Gasteiger partial charge in [0, 0.05) is 7.05 Å². The van der Waals surface area contributed by atoms with Gasteiger partial charge in [-0.15, -0.1) is 0 Å². The minimum absolute atomic E-state index is 0.189. The van der Waals surface area contributed by atoms with Crippen LogP contribution in [0.25, 0.3) is 11.4 Å². The van der Waals surface area contributed by atoms with Crippen LogP contribution in [0, 0.1) is 0 Å². The Morgan fingerprint density at radius 2 is 2.21 bits per heavy atom. The van der Waals surface area contributed by atoms with E-state index in [9.17, 15) is 9.59 Å². The molecule has 4 rings (SSSR count). The van der Waals surface area contributed by atoms with Crippen LogP contribution in [0.15, 0.2) is 18.5 Å². The van der Waals surface area contributed by atoms with Crippen molar-refractivity contribution in [2.45, 2.75) is 25.4 Å². The maximum absolute atomic E-state index is 12.1. The molecular weight excluding hydrogens is 310 g/mol. The van der Waals surface area contributed by atoms with Crippen molar-refractivity contribution < 1.29 is 14.3 Å². The lowest BCUT2D eigenvalue weighted by molar-refractivity contribution is -0.127. The molecule has 0 spiro atoms. The predicted octanol–water partition coefficient (Wildman–Crippen LogP) is 1.03. The first-order valence-electron chi connectivity index (χ1n) is 7.88. The second-order valence-electron chi connectivity index (χ2n) is 5.92. The fourth-order valence-corrected chi connectivity index (χ4v) is 3.21. The summed E-state index contributed by atoms with van der Waals surface area (Å²) < 4.78 is 5.12. The summed E-state index contributed by atoms with van der Waals surface area (Å²) in [7, 11) is 1.52. The van der Waals surface area contributed by atoms with Gasteiger partial charge in [0.15, 0.2) is 6.10 Å². The van der Waals surface area contributed by atoms with Gasteiger partial charge in [-0.2, -0.15) is 5.10 Å². The van der Waals surface area contributed by atoms with Crippen LogP contribution in [0.5, 0.6) is 0 Å². The molecule has 1 saturated heterocycles. The van der Waals surface area contributed by atoms with E-state index in [4.69, 9.17) is 4.74 Å². The van der Waals surface area contributed by atoms with Gasteiger partial charge in [-0.05, 0) is 36.5 Å². The van der Waals surface area contributed by atoms with E-state index in [1.54, 1.807) is 6.20 Å². The molecule has 2 aromatic heterocycles. The number of pyridine rings is 1. The summed E-state index contributed by atoms with van der Waals surface area (Å²) in [6.45, 7) is 0.189. The highest BCUT2D eigenvalue weighted by Crippen LogP contribution is 2.32. The number of anilines is 1. The molecule has 8 nitrogen and oxygen atoms in total. The summed E-state index contributed by atoms with van der Waals surface area (Å²) in [5, 5.41) is 9.61. The zero-order valence-corrected chi connectivity index (χ0v) is 13.2. The Balaban J connectivity index is 1.66. The quantitative estimate of drug-likeness (QED) is 0.858. The normalized spacial score (nSPS) is 19.3. The Morgan fingerprint density at radius 3 is 3.04 bits per heavy atom. The van der Waals surface area contributed by atoms with E-state index in [1.165, 1.54) is 11.9 Å². The first-order valence-corrected chi connectivity index (χ1v) is 7.88. The topological polar surface area (TPSA) is 100 Å². The molecular formula is C16H17N5O3. The molecule has 0 unspecified atom stereocenters. The van der Waals surface area contributed by atoms with E-state index in [2.05, 4.69) is 20.5 Å². The van der Waals surface area contributed by atoms with E-state index in [1.807, 2.05) is 12.3 Å². The lowest BCUT2D eigenvalue weighted by Crippen LogP contribution is -2.35. The van der Waals surface area contributed by atoms with Crippen molar-refractivity contribution in [3.05, 3.63) is 29.6 Å². The van der Waals surface area contributed by atoms with Crippen molar-refractivity contribution in [1.29, 1.82) is 0 Å². The van der Waals surface area contributed by atoms with Gasteiger partial charge in [0.1, 0.15) is 0 Å². The summed E-state index contributed by atoms with van der Waals surface area (Å²) in [5.41, 5.74) is 4.69. The smallest absolute Gasteiger partial charge is 0.415 e. The number of nitrogens with one attached hydrogen (secondary N) is 2. The summed E-state index contributed by atoms with van der Waals surface area (Å²) >= 11 is 0. The molecule has 124 valence electrons. The van der Waals surface area contributed by atoms with Gasteiger partial charge >= 0.3 is 6.09 Å². The minimum atomic E-state index is -0.791. The fourth-order valence-electron chi connectivity index (χ4n) is 3.21. The Hall–Kier alpha value is -2.90. The van der Waals surface area contributed by atoms with Crippen molar-refractivity contribution in [3.63, 3.8) is 0 Å². The third kappa shape index (κ3) is 2.31. The van der Waals surface area contributed by atoms with Crippen LogP contribution in [0.3, 0.4) is 0 Å². The number of aryl methyl sites for hydroxylation is 2. The van der Waals surface area contributed by atoms with Crippen LogP contribution in [0.2, 0.25) is 0 Å². The lowest BCUT2D eigenvalue weighted by atomic mass is 10.1. The van der Waals surface area contributed by atoms with Gasteiger partial charge in [-0.1, -0.05) is 0 Å². The first kappa shape index (κ1) is 14.7. The standard InChI is InChI=1S/C16H17N5O3/c1-17-15(22)12-8-21(16(23)24-12)11-5-9-3-2-4-10-6-19-20-14(10)13(9)18-7-11/h5-7,12H,2-4,8H2,1H3,(H,17,22)(H,19,20)/t12-/m1/s1. The maximum atomic E-state index is 12.1. The highest BCUT2D eigenvalue weighted by atomic mass is 16.6. The monoisotopic (exact) mass is 327 g/mol. The number of amides is 2. The van der Waals surface area contributed by atoms with Crippen LogP contribution in [0.1, 0.15) is 17.5 Å². The van der Waals surface area contributed by atoms with Gasteiger partial charge in [0.25, 0.3) is 5.91 Å². The molecule has 24 heavy (non-hydrogen) atoms. The van der Waals surface area contributed by atoms with Crippen LogP contribution < -0.4 is 10.2 Å². The number of H-pyrrole nitrogens is 1. The van der Waals surface area contributed by atoms with E-state index in [-0.39, 0.29) is 12.5 Å². The lowest BCUT2D eigenvalue weighted by Gasteiger charge is -2.15. The third-order valence-electron chi connectivity index (χ3n) is 4.46. The Labute approximate surface area is 138 Å². The van der Waals surface area contributed by atoms with Crippen LogP contribution in [0.4, 0.5) is 10.5 Å². The van der Waals surface area contributed by atoms with Crippen molar-refractivity contribution in [2.75, 3.05) is 18.5 Å². The van der Waals surface area contributed by atoms with Crippen LogP contribution in [-0.2, 0) is 22.4 Å². The van der Waals surface area contributed by atoms with Crippen molar-refractivity contribution in [1.82, 2.24) is 20.5 Å². The fraction of sp³-hybridized carbons (Fsp3) is 0.375. The number of hydrogen-bond donors (Lipinski definition) is 2. The summed E-state index contributed by atoms with van der Waals surface area (Å²) in [6.07, 6.45) is 4.98. The number of rotatable bonds is 2. The summed E-state index contributed by atoms with van der Waals surface area (Å²) in [6, 6.07) is 1.95.